The number of H-pyrrole nitrogens is 1. The molecule has 0 radical (unpaired) electrons. The van der Waals surface area contributed by atoms with Gasteiger partial charge in [0.15, 0.2) is 40.5 Å². The summed E-state index contributed by atoms with van der Waals surface area (Å²) in [6, 6.07) is 0. The number of rotatable bonds is 2. The van der Waals surface area contributed by atoms with Gasteiger partial charge in [-0.15, -0.1) is 16.9 Å². The summed E-state index contributed by atoms with van der Waals surface area (Å²) in [7, 11) is 0. The van der Waals surface area contributed by atoms with Gasteiger partial charge in [0.05, 0.1) is 19.0 Å². The summed E-state index contributed by atoms with van der Waals surface area (Å²) in [4.78, 5) is 30.9. The molecule has 224 valence electrons. The Balaban J connectivity index is 1.17. The molecule has 42 heavy (non-hydrogen) atoms. The Kier molecular flexibility index (Phi) is 6.89. The van der Waals surface area contributed by atoms with Gasteiger partial charge in [0.2, 0.25) is 5.95 Å². The Hall–Kier alpha value is -2.90. The highest BCUT2D eigenvalue weighted by molar-refractivity contribution is 8.44. The quantitative estimate of drug-likeness (QED) is 0.181. The highest BCUT2D eigenvalue weighted by Gasteiger charge is 2.52. The summed E-state index contributed by atoms with van der Waals surface area (Å²) in [6.07, 6.45) is -2.90. The molecule has 0 spiro atoms. The topological polar surface area (TPSA) is 217 Å². The van der Waals surface area contributed by atoms with E-state index in [2.05, 4.69) is 47.5 Å². The minimum atomic E-state index is -4.21. The molecular formula is C21H24F2N11O5PS2. The second kappa shape index (κ2) is 10.4. The van der Waals surface area contributed by atoms with Crippen LogP contribution in [0.1, 0.15) is 30.9 Å². The maximum atomic E-state index is 16.0. The van der Waals surface area contributed by atoms with Crippen LogP contribution in [0.25, 0.3) is 22.3 Å². The third-order valence-corrected chi connectivity index (χ3v) is 10.9. The van der Waals surface area contributed by atoms with E-state index in [0.29, 0.717) is 19.3 Å². The van der Waals surface area contributed by atoms with Crippen LogP contribution in [-0.4, -0.2) is 80.9 Å². The summed E-state index contributed by atoms with van der Waals surface area (Å²) in [5, 5.41) is 6.48. The second-order valence-corrected chi connectivity index (χ2v) is 14.4. The van der Waals surface area contributed by atoms with Crippen LogP contribution < -0.4 is 17.0 Å². The minimum absolute atomic E-state index is 0.00783. The van der Waals surface area contributed by atoms with Gasteiger partial charge < -0.3 is 16.2 Å². The number of nitrogens with two attached hydrogens (primary N) is 2. The fourth-order valence-corrected chi connectivity index (χ4v) is 8.88. The van der Waals surface area contributed by atoms with Crippen molar-refractivity contribution in [3.63, 3.8) is 0 Å². The lowest BCUT2D eigenvalue weighted by atomic mass is 9.92. The molecule has 4 aromatic rings. The average molecular weight is 644 g/mol. The number of halogens is 2. The van der Waals surface area contributed by atoms with Crippen molar-refractivity contribution in [1.82, 2.24) is 44.5 Å². The van der Waals surface area contributed by atoms with E-state index in [9.17, 15) is 9.36 Å². The molecule has 7 heterocycles. The van der Waals surface area contributed by atoms with E-state index in [1.165, 1.54) is 33.7 Å². The largest absolute Gasteiger partial charge is 0.386 e. The Morgan fingerprint density at radius 3 is 2.81 bits per heavy atom. The van der Waals surface area contributed by atoms with Gasteiger partial charge in [-0.3, -0.25) is 23.4 Å². The van der Waals surface area contributed by atoms with Crippen molar-refractivity contribution < 1.29 is 27.1 Å². The number of alkyl halides is 2. The normalized spacial score (nSPS) is 35.7. The number of anilines is 2. The van der Waals surface area contributed by atoms with Crippen molar-refractivity contribution in [3.05, 3.63) is 23.0 Å². The van der Waals surface area contributed by atoms with Crippen molar-refractivity contribution in [2.75, 3.05) is 18.1 Å². The Labute approximate surface area is 244 Å². The minimum Gasteiger partial charge on any atom is -0.382 e. The van der Waals surface area contributed by atoms with E-state index >= 15 is 8.78 Å². The van der Waals surface area contributed by atoms with Crippen LogP contribution in [0.5, 0.6) is 0 Å². The molecule has 0 saturated carbocycles. The monoisotopic (exact) mass is 643 g/mol. The molecule has 3 fully saturated rings. The Bertz CT molecular complexity index is 1780. The van der Waals surface area contributed by atoms with Crippen LogP contribution in [0.4, 0.5) is 20.5 Å². The molecule has 0 aromatic carbocycles. The van der Waals surface area contributed by atoms with E-state index in [1.807, 2.05) is 0 Å². The third-order valence-electron chi connectivity index (χ3n) is 7.68. The lowest BCUT2D eigenvalue weighted by Crippen LogP contribution is -2.32. The first-order chi connectivity index (χ1) is 20.1. The van der Waals surface area contributed by atoms with Gasteiger partial charge in [0.25, 0.3) is 5.56 Å². The lowest BCUT2D eigenvalue weighted by Gasteiger charge is -2.27. The molecule has 2 unspecified atom stereocenters. The molecule has 3 saturated heterocycles. The first-order valence-electron chi connectivity index (χ1n) is 12.9. The SMILES string of the molecule is Nc1nc2c(ncn2[C@@H]2SC3CCC[C@H]4[C@H](F)[C@H](n5nnc6c(N)ncnc65)O[C@@H]4COP(=O)(S)O[C@@H]2[C@@H]3F)c(=O)[nH]1. The average Bonchev–Trinajstić information content (AvgIpc) is 3.69. The first kappa shape index (κ1) is 27.9. The van der Waals surface area contributed by atoms with Gasteiger partial charge in [-0.25, -0.2) is 28.3 Å². The van der Waals surface area contributed by atoms with Crippen LogP contribution in [0.3, 0.4) is 0 Å². The molecule has 3 aliphatic heterocycles. The smallest absolute Gasteiger partial charge is 0.382 e. The molecule has 2 bridgehead atoms. The number of nitrogen functional groups attached to an aromatic ring is 2. The molecule has 7 rings (SSSR count). The number of aromatic amines is 1. The standard InChI is InChI=1S/C21H24F2N11O5PS2/c22-10-7-2-1-3-9-11(23)14(20(42-9)33-6-28-13-17(33)29-21(25)30-18(13)35)39-40(36,41)37-4-8(7)38-19(10)34-16-12(31-32-34)15(24)26-5-27-16/h5-11,14,19-20H,1-4H2,(H,36,41)(H2,24,26,27)(H3,25,29,30,35)/t7-,8-,9?,10+,11-,14-,19-,20-,40?/m1/s1. The van der Waals surface area contributed by atoms with Crippen LogP contribution in [0, 0.1) is 5.92 Å². The highest BCUT2D eigenvalue weighted by atomic mass is 32.7. The number of nitrogens with one attached hydrogen (secondary N) is 1. The summed E-state index contributed by atoms with van der Waals surface area (Å²) < 4.78 is 65.2. The molecular weight excluding hydrogens is 619 g/mol. The number of fused-ring (bicyclic) bond motifs is 5. The summed E-state index contributed by atoms with van der Waals surface area (Å²) in [6.45, 7) is -4.56. The van der Waals surface area contributed by atoms with E-state index in [4.69, 9.17) is 25.3 Å². The molecule has 0 aliphatic carbocycles. The maximum absolute atomic E-state index is 16.0. The van der Waals surface area contributed by atoms with E-state index in [-0.39, 0.29) is 40.7 Å². The Morgan fingerprint density at radius 2 is 1.98 bits per heavy atom. The van der Waals surface area contributed by atoms with Crippen molar-refractivity contribution in [3.8, 4) is 0 Å². The lowest BCUT2D eigenvalue weighted by molar-refractivity contribution is -0.0441. The number of imidazole rings is 1. The molecule has 3 aliphatic rings. The van der Waals surface area contributed by atoms with E-state index < -0.39 is 59.7 Å². The highest BCUT2D eigenvalue weighted by Crippen LogP contribution is 2.60. The van der Waals surface area contributed by atoms with Crippen LogP contribution in [0.2, 0.25) is 0 Å². The van der Waals surface area contributed by atoms with Gasteiger partial charge in [-0.2, -0.15) is 9.67 Å². The van der Waals surface area contributed by atoms with Crippen LogP contribution >= 0.6 is 30.8 Å². The summed E-state index contributed by atoms with van der Waals surface area (Å²) in [5.74, 6) is -0.768. The molecule has 0 amide bonds. The molecule has 9 atom stereocenters. The van der Waals surface area contributed by atoms with Gasteiger partial charge in [-0.05, 0) is 12.8 Å². The summed E-state index contributed by atoms with van der Waals surface area (Å²) >= 11 is 5.31. The van der Waals surface area contributed by atoms with Crippen molar-refractivity contribution >= 4 is 64.9 Å². The van der Waals surface area contributed by atoms with E-state index in [0.717, 1.165) is 0 Å². The van der Waals surface area contributed by atoms with Gasteiger partial charge >= 0.3 is 6.80 Å². The fourth-order valence-electron chi connectivity index (χ4n) is 5.72. The molecule has 21 heteroatoms. The summed E-state index contributed by atoms with van der Waals surface area (Å²) in [5.41, 5.74) is 11.5. The fraction of sp³-hybridized carbons (Fsp3) is 0.571. The number of ether oxygens (including phenoxy) is 1. The maximum Gasteiger partial charge on any atom is 0.386 e. The van der Waals surface area contributed by atoms with Gasteiger partial charge in [-0.1, -0.05) is 23.9 Å². The third kappa shape index (κ3) is 4.64. The van der Waals surface area contributed by atoms with Gasteiger partial charge in [0.1, 0.15) is 24.0 Å². The first-order valence-corrected chi connectivity index (χ1v) is 16.5. The molecule has 4 aromatic heterocycles. The van der Waals surface area contributed by atoms with E-state index in [1.54, 1.807) is 0 Å². The number of nitrogens with zero attached hydrogens (tertiary/aromatic N) is 8. The number of hydrogen-bond donors (Lipinski definition) is 4. The van der Waals surface area contributed by atoms with Gasteiger partial charge in [0, 0.05) is 11.2 Å². The second-order valence-electron chi connectivity index (χ2n) is 10.2. The Morgan fingerprint density at radius 1 is 1.14 bits per heavy atom. The van der Waals surface area contributed by atoms with Crippen molar-refractivity contribution in [1.29, 1.82) is 0 Å². The van der Waals surface area contributed by atoms with Crippen molar-refractivity contribution in [2.45, 2.75) is 60.7 Å². The number of aromatic nitrogens is 9. The number of thiol groups is 1. The zero-order chi connectivity index (χ0) is 29.3. The predicted octanol–water partition coefficient (Wildman–Crippen LogP) is 1.95. The molecule has 16 nitrogen and oxygen atoms in total. The number of hydrogen-bond acceptors (Lipinski definition) is 14. The zero-order valence-electron chi connectivity index (χ0n) is 21.4. The van der Waals surface area contributed by atoms with Crippen LogP contribution in [0.15, 0.2) is 17.4 Å². The zero-order valence-corrected chi connectivity index (χ0v) is 24.0. The van der Waals surface area contributed by atoms with Crippen molar-refractivity contribution in [2.24, 2.45) is 5.92 Å². The molecule has 5 N–H and O–H groups in total. The number of thioether (sulfide) groups is 1. The predicted molar refractivity (Wildman–Crippen MR) is 149 cm³/mol. The van der Waals surface area contributed by atoms with Crippen LogP contribution in [-0.2, 0) is 18.3 Å².